The van der Waals surface area contributed by atoms with Crippen molar-refractivity contribution in [1.82, 2.24) is 15.5 Å². The first kappa shape index (κ1) is 14.4. The van der Waals surface area contributed by atoms with Crippen molar-refractivity contribution in [2.24, 2.45) is 5.92 Å². The van der Waals surface area contributed by atoms with Crippen LogP contribution >= 0.6 is 15.9 Å². The van der Waals surface area contributed by atoms with Gasteiger partial charge in [0.2, 0.25) is 0 Å². The van der Waals surface area contributed by atoms with E-state index in [1.807, 2.05) is 6.92 Å². The lowest BCUT2D eigenvalue weighted by Gasteiger charge is -2.24. The highest BCUT2D eigenvalue weighted by molar-refractivity contribution is 9.11. The number of hydrogen-bond donors (Lipinski definition) is 3. The first-order valence-electron chi connectivity index (χ1n) is 6.86. The van der Waals surface area contributed by atoms with E-state index in [9.17, 15) is 0 Å². The van der Waals surface area contributed by atoms with Crippen molar-refractivity contribution in [3.8, 4) is 0 Å². The second-order valence-electron chi connectivity index (χ2n) is 5.55. The van der Waals surface area contributed by atoms with E-state index in [0.29, 0.717) is 5.71 Å². The zero-order chi connectivity index (χ0) is 14.0. The quantitative estimate of drug-likeness (QED) is 0.519. The van der Waals surface area contributed by atoms with Crippen LogP contribution in [0.25, 0.3) is 0 Å². The second kappa shape index (κ2) is 5.99. The molecule has 0 spiro atoms. The average Bonchev–Trinajstić information content (AvgIpc) is 3.09. The molecule has 0 amide bonds. The normalized spacial score (nSPS) is 23.7. The third-order valence-electron chi connectivity index (χ3n) is 3.59. The minimum atomic E-state index is 0.290. The van der Waals surface area contributed by atoms with Crippen LogP contribution < -0.4 is 10.6 Å². The van der Waals surface area contributed by atoms with Crippen LogP contribution in [0.15, 0.2) is 22.1 Å². The number of hydrogen-bond acceptors (Lipinski definition) is 4. The van der Waals surface area contributed by atoms with E-state index in [0.717, 1.165) is 29.2 Å². The van der Waals surface area contributed by atoms with Gasteiger partial charge >= 0.3 is 0 Å². The lowest BCUT2D eigenvalue weighted by molar-refractivity contribution is 0.321. The molecule has 3 N–H and O–H groups in total. The van der Waals surface area contributed by atoms with E-state index < -0.39 is 0 Å². The van der Waals surface area contributed by atoms with Gasteiger partial charge in [-0.3, -0.25) is 0 Å². The maximum atomic E-state index is 7.97. The highest BCUT2D eigenvalue weighted by atomic mass is 79.9. The summed E-state index contributed by atoms with van der Waals surface area (Å²) in [5.74, 6) is 0.828. The van der Waals surface area contributed by atoms with Gasteiger partial charge in [-0.2, -0.15) is 0 Å². The SMILES string of the molecule is CC(=N)/C(CN1C=C(C)NC1C)=C(/Br)NCC1CC1. The third-order valence-corrected chi connectivity index (χ3v) is 4.35. The standard InChI is InChI=1S/C14H23BrN4/c1-9-7-19(11(3)18-9)8-13(10(2)16)14(15)17-6-12-4-5-12/h7,11-12,16-18H,4-6,8H2,1-3H3/b14-13-,16-10?. The van der Waals surface area contributed by atoms with Crippen LogP contribution in [0.5, 0.6) is 0 Å². The van der Waals surface area contributed by atoms with Crippen LogP contribution in [0.3, 0.4) is 0 Å². The van der Waals surface area contributed by atoms with Gasteiger partial charge in [0.25, 0.3) is 0 Å². The van der Waals surface area contributed by atoms with Crippen LogP contribution in [0.2, 0.25) is 0 Å². The lowest BCUT2D eigenvalue weighted by atomic mass is 10.1. The van der Waals surface area contributed by atoms with Crippen LogP contribution in [0, 0.1) is 11.3 Å². The van der Waals surface area contributed by atoms with E-state index in [-0.39, 0.29) is 6.17 Å². The number of nitrogens with one attached hydrogen (secondary N) is 3. The van der Waals surface area contributed by atoms with Gasteiger partial charge in [-0.1, -0.05) is 0 Å². The predicted octanol–water partition coefficient (Wildman–Crippen LogP) is 2.74. The monoisotopic (exact) mass is 326 g/mol. The minimum absolute atomic E-state index is 0.290. The second-order valence-corrected chi connectivity index (χ2v) is 6.34. The topological polar surface area (TPSA) is 51.2 Å². The first-order chi connectivity index (χ1) is 8.97. The fraction of sp³-hybridized carbons (Fsp3) is 0.643. The van der Waals surface area contributed by atoms with Gasteiger partial charge in [-0.15, -0.1) is 0 Å². The Balaban J connectivity index is 2.02. The molecule has 1 heterocycles. The Labute approximate surface area is 124 Å². The van der Waals surface area contributed by atoms with E-state index in [1.165, 1.54) is 18.5 Å². The van der Waals surface area contributed by atoms with Crippen LogP contribution in [-0.2, 0) is 0 Å². The fourth-order valence-corrected chi connectivity index (χ4v) is 2.78. The van der Waals surface area contributed by atoms with Crippen molar-refractivity contribution < 1.29 is 0 Å². The molecule has 1 saturated carbocycles. The summed E-state index contributed by atoms with van der Waals surface area (Å²) < 4.78 is 0.969. The Morgan fingerprint density at radius 2 is 2.26 bits per heavy atom. The average molecular weight is 327 g/mol. The van der Waals surface area contributed by atoms with Crippen molar-refractivity contribution in [2.45, 2.75) is 39.8 Å². The zero-order valence-corrected chi connectivity index (χ0v) is 13.5. The number of rotatable bonds is 6. The number of allylic oxidation sites excluding steroid dienone is 1. The Kier molecular flexibility index (Phi) is 4.55. The Morgan fingerprint density at radius 3 is 2.74 bits per heavy atom. The van der Waals surface area contributed by atoms with Crippen molar-refractivity contribution in [3.63, 3.8) is 0 Å². The van der Waals surface area contributed by atoms with E-state index in [4.69, 9.17) is 5.41 Å². The molecular formula is C14H23BrN4. The third kappa shape index (κ3) is 4.00. The smallest absolute Gasteiger partial charge is 0.0957 e. The molecule has 4 nitrogen and oxygen atoms in total. The number of nitrogens with zero attached hydrogens (tertiary/aromatic N) is 1. The first-order valence-corrected chi connectivity index (χ1v) is 7.65. The molecule has 1 atom stereocenters. The molecule has 106 valence electrons. The molecule has 0 saturated heterocycles. The van der Waals surface area contributed by atoms with Gasteiger partial charge in [0.15, 0.2) is 0 Å². The van der Waals surface area contributed by atoms with E-state index in [1.54, 1.807) is 0 Å². The van der Waals surface area contributed by atoms with Gasteiger partial charge in [0.1, 0.15) is 0 Å². The van der Waals surface area contributed by atoms with Gasteiger partial charge in [-0.25, -0.2) is 0 Å². The van der Waals surface area contributed by atoms with Crippen LogP contribution in [0.1, 0.15) is 33.6 Å². The van der Waals surface area contributed by atoms with Gasteiger partial charge in [-0.05, 0) is 55.5 Å². The predicted molar refractivity (Wildman–Crippen MR) is 83.1 cm³/mol. The van der Waals surface area contributed by atoms with Gasteiger partial charge in [0, 0.05) is 36.3 Å². The summed E-state index contributed by atoms with van der Waals surface area (Å²) in [4.78, 5) is 2.22. The molecule has 1 unspecified atom stereocenters. The molecule has 2 aliphatic rings. The summed E-state index contributed by atoms with van der Waals surface area (Å²) in [6.07, 6.45) is 5.08. The van der Waals surface area contributed by atoms with Crippen molar-refractivity contribution >= 4 is 21.6 Å². The maximum absolute atomic E-state index is 7.97. The Bertz CT molecular complexity index is 423. The lowest BCUT2D eigenvalue weighted by Crippen LogP contribution is -2.35. The largest absolute Gasteiger partial charge is 0.379 e. The zero-order valence-electron chi connectivity index (χ0n) is 11.9. The molecule has 0 bridgehead atoms. The number of halogens is 1. The summed E-state index contributed by atoms with van der Waals surface area (Å²) in [7, 11) is 0. The molecule has 1 aliphatic heterocycles. The molecule has 0 aromatic rings. The Morgan fingerprint density at radius 1 is 1.58 bits per heavy atom. The van der Waals surface area contributed by atoms with Crippen molar-refractivity contribution in [1.29, 1.82) is 5.41 Å². The molecule has 1 aliphatic carbocycles. The molecule has 19 heavy (non-hydrogen) atoms. The summed E-state index contributed by atoms with van der Waals surface area (Å²) in [5, 5.41) is 14.8. The molecular weight excluding hydrogens is 304 g/mol. The molecule has 5 heteroatoms. The van der Waals surface area contributed by atoms with Crippen molar-refractivity contribution in [2.75, 3.05) is 13.1 Å². The fourth-order valence-electron chi connectivity index (χ4n) is 2.19. The van der Waals surface area contributed by atoms with E-state index in [2.05, 4.69) is 51.5 Å². The molecule has 1 fully saturated rings. The van der Waals surface area contributed by atoms with Crippen LogP contribution in [-0.4, -0.2) is 29.9 Å². The van der Waals surface area contributed by atoms with Crippen molar-refractivity contribution in [3.05, 3.63) is 22.1 Å². The maximum Gasteiger partial charge on any atom is 0.0957 e. The highest BCUT2D eigenvalue weighted by Gasteiger charge is 2.23. The Hall–Kier alpha value is -0.970. The van der Waals surface area contributed by atoms with Crippen LogP contribution in [0.4, 0.5) is 0 Å². The highest BCUT2D eigenvalue weighted by Crippen LogP contribution is 2.28. The minimum Gasteiger partial charge on any atom is -0.379 e. The summed E-state index contributed by atoms with van der Waals surface area (Å²) >= 11 is 3.60. The molecule has 0 aromatic heterocycles. The summed E-state index contributed by atoms with van der Waals surface area (Å²) in [5.41, 5.74) is 2.82. The van der Waals surface area contributed by atoms with Gasteiger partial charge in [0.05, 0.1) is 10.8 Å². The van der Waals surface area contributed by atoms with E-state index >= 15 is 0 Å². The molecule has 2 rings (SSSR count). The summed E-state index contributed by atoms with van der Waals surface area (Å²) in [6, 6.07) is 0. The van der Waals surface area contributed by atoms with Gasteiger partial charge < -0.3 is 20.9 Å². The molecule has 0 radical (unpaired) electrons. The molecule has 0 aromatic carbocycles. The summed E-state index contributed by atoms with van der Waals surface area (Å²) in [6.45, 7) is 7.81.